The van der Waals surface area contributed by atoms with Crippen LogP contribution in [0.3, 0.4) is 0 Å². The van der Waals surface area contributed by atoms with E-state index in [4.69, 9.17) is 5.73 Å². The second-order valence-corrected chi connectivity index (χ2v) is 8.28. The first-order valence-corrected chi connectivity index (χ1v) is 9.32. The van der Waals surface area contributed by atoms with Crippen molar-refractivity contribution >= 4 is 0 Å². The number of rotatable bonds is 4. The largest absolute Gasteiger partial charge is 0.416 e. The molecule has 0 radical (unpaired) electrons. The van der Waals surface area contributed by atoms with E-state index in [0.29, 0.717) is 23.9 Å². The molecule has 0 atom stereocenters. The van der Waals surface area contributed by atoms with Crippen LogP contribution in [0.1, 0.15) is 56.1 Å². The van der Waals surface area contributed by atoms with E-state index in [9.17, 15) is 13.2 Å². The van der Waals surface area contributed by atoms with Crippen LogP contribution in [0.2, 0.25) is 0 Å². The number of halogens is 3. The van der Waals surface area contributed by atoms with E-state index in [1.807, 2.05) is 0 Å². The Hall–Kier alpha value is -1.03. The maximum atomic E-state index is 13.7. The number of nitrogens with two attached hydrogens (primary N) is 1. The van der Waals surface area contributed by atoms with E-state index in [1.165, 1.54) is 18.6 Å². The van der Waals surface area contributed by atoms with Gasteiger partial charge in [-0.3, -0.25) is 0 Å². The molecule has 4 aliphatic rings. The molecular formula is C20H26F3N. The van der Waals surface area contributed by atoms with Crippen molar-refractivity contribution in [3.8, 4) is 0 Å². The highest BCUT2D eigenvalue weighted by Crippen LogP contribution is 2.65. The molecule has 4 aliphatic carbocycles. The minimum atomic E-state index is -4.28. The van der Waals surface area contributed by atoms with E-state index in [2.05, 4.69) is 0 Å². The molecule has 4 fully saturated rings. The molecule has 4 bridgehead atoms. The molecule has 0 spiro atoms. The van der Waals surface area contributed by atoms with Crippen molar-refractivity contribution in [2.24, 2.45) is 29.4 Å². The lowest BCUT2D eigenvalue weighted by molar-refractivity contribution is -0.141. The minimum absolute atomic E-state index is 0.307. The summed E-state index contributed by atoms with van der Waals surface area (Å²) in [6.07, 6.45) is 3.11. The molecule has 2 N–H and O–H groups in total. The molecule has 1 aromatic rings. The highest BCUT2D eigenvalue weighted by atomic mass is 19.4. The van der Waals surface area contributed by atoms with E-state index < -0.39 is 11.7 Å². The topological polar surface area (TPSA) is 26.0 Å². The smallest absolute Gasteiger partial charge is 0.330 e. The summed E-state index contributed by atoms with van der Waals surface area (Å²) in [5.74, 6) is 2.31. The monoisotopic (exact) mass is 337 g/mol. The molecule has 1 nitrogen and oxygen atoms in total. The van der Waals surface area contributed by atoms with Gasteiger partial charge in [-0.15, -0.1) is 0 Å². The van der Waals surface area contributed by atoms with Gasteiger partial charge in [0.1, 0.15) is 0 Å². The summed E-state index contributed by atoms with van der Waals surface area (Å²) in [5.41, 5.74) is 5.63. The predicted octanol–water partition coefficient (Wildman–Crippen LogP) is 5.14. The Morgan fingerprint density at radius 2 is 1.54 bits per heavy atom. The van der Waals surface area contributed by atoms with Gasteiger partial charge in [0.05, 0.1) is 5.56 Å². The van der Waals surface area contributed by atoms with Gasteiger partial charge >= 0.3 is 6.18 Å². The van der Waals surface area contributed by atoms with E-state index >= 15 is 0 Å². The molecule has 4 saturated carbocycles. The Kier molecular flexibility index (Phi) is 3.94. The van der Waals surface area contributed by atoms with Crippen molar-refractivity contribution < 1.29 is 13.2 Å². The van der Waals surface area contributed by atoms with E-state index in [1.54, 1.807) is 12.1 Å². The van der Waals surface area contributed by atoms with E-state index in [0.717, 1.165) is 50.4 Å². The zero-order valence-corrected chi connectivity index (χ0v) is 14.0. The zero-order chi connectivity index (χ0) is 16.9. The number of hydrogen-bond acceptors (Lipinski definition) is 1. The predicted molar refractivity (Wildman–Crippen MR) is 88.5 cm³/mol. The quantitative estimate of drug-likeness (QED) is 0.809. The standard InChI is InChI=1S/C20H26F3N/c21-20(22,23)18-5-2-1-4-17(18)19(6-3-7-24)15-9-13-8-14(11-15)12-16(19)10-13/h1-2,4-5,13-16H,3,6-12,24H2. The molecule has 0 aliphatic heterocycles. The van der Waals surface area contributed by atoms with Crippen molar-refractivity contribution in [2.75, 3.05) is 6.54 Å². The first-order chi connectivity index (χ1) is 11.4. The van der Waals surface area contributed by atoms with Gasteiger partial charge in [0.2, 0.25) is 0 Å². The van der Waals surface area contributed by atoms with Gasteiger partial charge in [0.15, 0.2) is 0 Å². The van der Waals surface area contributed by atoms with Crippen molar-refractivity contribution in [3.05, 3.63) is 35.4 Å². The maximum Gasteiger partial charge on any atom is 0.416 e. The average Bonchev–Trinajstić information content (AvgIpc) is 2.53. The second kappa shape index (κ2) is 5.76. The molecule has 0 amide bonds. The molecular weight excluding hydrogens is 311 g/mol. The van der Waals surface area contributed by atoms with Crippen LogP contribution in [0.5, 0.6) is 0 Å². The third-order valence-electron chi connectivity index (χ3n) is 7.12. The lowest BCUT2D eigenvalue weighted by Gasteiger charge is -2.62. The third kappa shape index (κ3) is 2.40. The molecule has 1 aromatic carbocycles. The Morgan fingerprint density at radius 1 is 0.958 bits per heavy atom. The highest BCUT2D eigenvalue weighted by molar-refractivity contribution is 5.39. The highest BCUT2D eigenvalue weighted by Gasteiger charge is 2.58. The van der Waals surface area contributed by atoms with Gasteiger partial charge in [-0.1, -0.05) is 18.2 Å². The van der Waals surface area contributed by atoms with Crippen molar-refractivity contribution in [3.63, 3.8) is 0 Å². The number of hydrogen-bond donors (Lipinski definition) is 1. The van der Waals surface area contributed by atoms with Crippen LogP contribution in [0, 0.1) is 23.7 Å². The van der Waals surface area contributed by atoms with Crippen LogP contribution >= 0.6 is 0 Å². The third-order valence-corrected chi connectivity index (χ3v) is 7.12. The maximum absolute atomic E-state index is 13.7. The summed E-state index contributed by atoms with van der Waals surface area (Å²) in [6.45, 7) is 0.558. The van der Waals surface area contributed by atoms with E-state index in [-0.39, 0.29) is 5.41 Å². The molecule has 0 unspecified atom stereocenters. The number of benzene rings is 1. The average molecular weight is 337 g/mol. The van der Waals surface area contributed by atoms with Crippen LogP contribution in [0.4, 0.5) is 13.2 Å². The van der Waals surface area contributed by atoms with Gasteiger partial charge in [-0.25, -0.2) is 0 Å². The Bertz CT molecular complexity index is 579. The summed E-state index contributed by atoms with van der Waals surface area (Å²) < 4.78 is 41.2. The molecule has 0 aromatic heterocycles. The van der Waals surface area contributed by atoms with Crippen LogP contribution < -0.4 is 5.73 Å². The van der Waals surface area contributed by atoms with Gasteiger partial charge in [-0.2, -0.15) is 13.2 Å². The SMILES string of the molecule is NCCCC1(c2ccccc2C(F)(F)F)C2CC3CC(C2)CC1C3. The summed E-state index contributed by atoms with van der Waals surface area (Å²) in [7, 11) is 0. The van der Waals surface area contributed by atoms with Crippen molar-refractivity contribution in [1.29, 1.82) is 0 Å². The van der Waals surface area contributed by atoms with Crippen molar-refractivity contribution in [1.82, 2.24) is 0 Å². The summed E-state index contributed by atoms with van der Waals surface area (Å²) >= 11 is 0. The molecule has 132 valence electrons. The minimum Gasteiger partial charge on any atom is -0.330 e. The van der Waals surface area contributed by atoms with Gasteiger partial charge in [0, 0.05) is 5.41 Å². The summed E-state index contributed by atoms with van der Waals surface area (Å²) in [4.78, 5) is 0. The normalized spacial score (nSPS) is 37.8. The fourth-order valence-corrected chi connectivity index (χ4v) is 6.54. The first-order valence-electron chi connectivity index (χ1n) is 9.32. The van der Waals surface area contributed by atoms with Gasteiger partial charge in [-0.05, 0) is 86.8 Å². The van der Waals surface area contributed by atoms with Crippen LogP contribution in [0.25, 0.3) is 0 Å². The lowest BCUT2D eigenvalue weighted by atomic mass is 9.42. The van der Waals surface area contributed by atoms with Gasteiger partial charge < -0.3 is 5.73 Å². The molecule has 24 heavy (non-hydrogen) atoms. The summed E-state index contributed by atoms with van der Waals surface area (Å²) in [6, 6.07) is 6.37. The first kappa shape index (κ1) is 16.4. The van der Waals surface area contributed by atoms with Crippen LogP contribution in [-0.2, 0) is 11.6 Å². The Morgan fingerprint density at radius 3 is 2.08 bits per heavy atom. The number of alkyl halides is 3. The van der Waals surface area contributed by atoms with Gasteiger partial charge in [0.25, 0.3) is 0 Å². The summed E-state index contributed by atoms with van der Waals surface area (Å²) in [5, 5.41) is 0. The fourth-order valence-electron chi connectivity index (χ4n) is 6.54. The molecule has 4 heteroatoms. The molecule has 0 saturated heterocycles. The molecule has 5 rings (SSSR count). The van der Waals surface area contributed by atoms with Crippen molar-refractivity contribution in [2.45, 2.75) is 56.5 Å². The Labute approximate surface area is 141 Å². The zero-order valence-electron chi connectivity index (χ0n) is 14.0. The van der Waals surface area contributed by atoms with Crippen LogP contribution in [-0.4, -0.2) is 6.54 Å². The Balaban J connectivity index is 1.84. The lowest BCUT2D eigenvalue weighted by Crippen LogP contribution is -2.56. The van der Waals surface area contributed by atoms with Crippen LogP contribution in [0.15, 0.2) is 24.3 Å². The molecule has 0 heterocycles. The second-order valence-electron chi connectivity index (χ2n) is 8.28. The fraction of sp³-hybridized carbons (Fsp3) is 0.700.